The number of halogens is 1. The van der Waals surface area contributed by atoms with Crippen molar-refractivity contribution in [1.82, 2.24) is 0 Å². The first-order valence-corrected chi connectivity index (χ1v) is 8.26. The van der Waals surface area contributed by atoms with Crippen molar-refractivity contribution in [3.05, 3.63) is 58.1 Å². The Bertz CT molecular complexity index is 841. The van der Waals surface area contributed by atoms with Crippen molar-refractivity contribution in [3.63, 3.8) is 0 Å². The first-order valence-electron chi connectivity index (χ1n) is 7.46. The summed E-state index contributed by atoms with van der Waals surface area (Å²) in [6.07, 6.45) is 3.12. The van der Waals surface area contributed by atoms with E-state index < -0.39 is 0 Å². The highest BCUT2D eigenvalue weighted by atomic mass is 79.9. The lowest BCUT2D eigenvalue weighted by atomic mass is 10.2. The number of amides is 1. The first kappa shape index (κ1) is 18.6. The normalized spacial score (nSPS) is 10.3. The van der Waals surface area contributed by atoms with Gasteiger partial charge < -0.3 is 14.8 Å². The molecule has 0 saturated heterocycles. The third kappa shape index (κ3) is 5.37. The summed E-state index contributed by atoms with van der Waals surface area (Å²) in [7, 11) is 1.52. The van der Waals surface area contributed by atoms with Crippen LogP contribution in [0.5, 0.6) is 11.5 Å². The summed E-state index contributed by atoms with van der Waals surface area (Å²) in [5, 5.41) is 11.4. The van der Waals surface area contributed by atoms with Crippen LogP contribution in [0, 0.1) is 18.3 Å². The van der Waals surface area contributed by atoms with Crippen LogP contribution in [-0.2, 0) is 4.79 Å². The maximum absolute atomic E-state index is 12.0. The number of carbonyl (C=O) groups excluding carboxylic acids is 1. The van der Waals surface area contributed by atoms with Crippen molar-refractivity contribution in [1.29, 1.82) is 5.26 Å². The van der Waals surface area contributed by atoms with Crippen molar-refractivity contribution in [2.45, 2.75) is 6.92 Å². The molecule has 0 spiro atoms. The highest BCUT2D eigenvalue weighted by Crippen LogP contribution is 2.28. The molecule has 6 heteroatoms. The van der Waals surface area contributed by atoms with Gasteiger partial charge in [0.2, 0.25) is 5.91 Å². The van der Waals surface area contributed by atoms with Gasteiger partial charge >= 0.3 is 0 Å². The summed E-state index contributed by atoms with van der Waals surface area (Å²) in [5.74, 6) is 0.753. The number of ether oxygens (including phenoxy) is 2. The molecular weight excluding hydrogens is 384 g/mol. The van der Waals surface area contributed by atoms with Gasteiger partial charge in [-0.2, -0.15) is 5.26 Å². The second-order valence-electron chi connectivity index (χ2n) is 5.14. The number of anilines is 1. The summed E-state index contributed by atoms with van der Waals surface area (Å²) in [5.41, 5.74) is 2.55. The lowest BCUT2D eigenvalue weighted by Gasteiger charge is -2.09. The van der Waals surface area contributed by atoms with E-state index in [2.05, 4.69) is 21.2 Å². The Kier molecular flexibility index (Phi) is 6.61. The molecule has 1 N–H and O–H groups in total. The van der Waals surface area contributed by atoms with Crippen molar-refractivity contribution >= 4 is 33.6 Å². The fourth-order valence-corrected chi connectivity index (χ4v) is 2.34. The Morgan fingerprint density at radius 2 is 2.08 bits per heavy atom. The molecule has 1 amide bonds. The number of hydrogen-bond donors (Lipinski definition) is 1. The number of aryl methyl sites for hydroxylation is 1. The number of nitrogens with one attached hydrogen (secondary N) is 1. The summed E-state index contributed by atoms with van der Waals surface area (Å²) in [6, 6.07) is 12.7. The van der Waals surface area contributed by atoms with Crippen LogP contribution < -0.4 is 14.8 Å². The van der Waals surface area contributed by atoms with Gasteiger partial charge in [-0.15, -0.1) is 0 Å². The minimum Gasteiger partial charge on any atom is -0.493 e. The van der Waals surface area contributed by atoms with E-state index in [1.807, 2.05) is 31.2 Å². The number of methoxy groups -OCH3 is 1. The minimum absolute atomic E-state index is 0.0550. The zero-order valence-electron chi connectivity index (χ0n) is 13.9. The molecule has 0 bridgehead atoms. The molecule has 2 aromatic carbocycles. The Hall–Kier alpha value is -2.78. The van der Waals surface area contributed by atoms with Crippen molar-refractivity contribution in [3.8, 4) is 17.6 Å². The summed E-state index contributed by atoms with van der Waals surface area (Å²) < 4.78 is 11.5. The summed E-state index contributed by atoms with van der Waals surface area (Å²) in [6.45, 7) is 1.90. The Labute approximate surface area is 155 Å². The van der Waals surface area contributed by atoms with Gasteiger partial charge in [0.1, 0.15) is 6.07 Å². The number of carbonyl (C=O) groups is 1. The zero-order chi connectivity index (χ0) is 18.2. The predicted octanol–water partition coefficient (Wildman–Crippen LogP) is 4.32. The molecule has 0 unspecified atom stereocenters. The first-order chi connectivity index (χ1) is 12.0. The standard InChI is InChI=1S/C19H17BrN2O3/c1-13-11-15(5-6-16(13)20)22-19(23)8-4-14-3-7-17(25-10-9-21)18(12-14)24-2/h3-8,11-12H,10H2,1-2H3,(H,22,23)/b8-4+. The monoisotopic (exact) mass is 400 g/mol. The molecule has 0 atom stereocenters. The molecule has 2 rings (SSSR count). The van der Waals surface area contributed by atoms with Crippen molar-refractivity contribution < 1.29 is 14.3 Å². The van der Waals surface area contributed by atoms with Gasteiger partial charge in [0.15, 0.2) is 18.1 Å². The van der Waals surface area contributed by atoms with Crippen LogP contribution in [0.4, 0.5) is 5.69 Å². The van der Waals surface area contributed by atoms with E-state index in [0.29, 0.717) is 11.5 Å². The molecule has 0 heterocycles. The third-order valence-electron chi connectivity index (χ3n) is 3.33. The van der Waals surface area contributed by atoms with E-state index in [9.17, 15) is 4.79 Å². The maximum Gasteiger partial charge on any atom is 0.248 e. The molecule has 0 aliphatic carbocycles. The number of nitrogens with zero attached hydrogens (tertiary/aromatic N) is 1. The summed E-state index contributed by atoms with van der Waals surface area (Å²) in [4.78, 5) is 12.0. The van der Waals surface area contributed by atoms with Crippen molar-refractivity contribution in [2.24, 2.45) is 0 Å². The molecule has 0 fully saturated rings. The van der Waals surface area contributed by atoms with Crippen LogP contribution in [0.15, 0.2) is 46.9 Å². The number of rotatable bonds is 6. The second-order valence-corrected chi connectivity index (χ2v) is 6.00. The molecule has 0 saturated carbocycles. The van der Waals surface area contributed by atoms with Gasteiger partial charge in [0.25, 0.3) is 0 Å². The molecule has 128 valence electrons. The predicted molar refractivity (Wildman–Crippen MR) is 101 cm³/mol. The van der Waals surface area contributed by atoms with Gasteiger partial charge in [-0.3, -0.25) is 4.79 Å². The molecule has 0 aliphatic rings. The largest absolute Gasteiger partial charge is 0.493 e. The van der Waals surface area contributed by atoms with Crippen molar-refractivity contribution in [2.75, 3.05) is 19.0 Å². The molecule has 5 nitrogen and oxygen atoms in total. The fourth-order valence-electron chi connectivity index (χ4n) is 2.10. The van der Waals surface area contributed by atoms with Crippen LogP contribution >= 0.6 is 15.9 Å². The van der Waals surface area contributed by atoms with Gasteiger partial charge in [-0.05, 0) is 54.5 Å². The lowest BCUT2D eigenvalue weighted by molar-refractivity contribution is -0.111. The van der Waals surface area contributed by atoms with Gasteiger partial charge in [-0.1, -0.05) is 22.0 Å². The molecule has 0 radical (unpaired) electrons. The van der Waals surface area contributed by atoms with E-state index in [1.165, 1.54) is 13.2 Å². The van der Waals surface area contributed by atoms with E-state index in [0.717, 1.165) is 21.3 Å². The Morgan fingerprint density at radius 3 is 2.76 bits per heavy atom. The van der Waals surface area contributed by atoms with E-state index in [4.69, 9.17) is 14.7 Å². The average molecular weight is 401 g/mol. The van der Waals surface area contributed by atoms with E-state index >= 15 is 0 Å². The number of nitriles is 1. The lowest BCUT2D eigenvalue weighted by Crippen LogP contribution is -2.07. The second kappa shape index (κ2) is 8.90. The molecule has 0 aromatic heterocycles. The van der Waals surface area contributed by atoms with Crippen LogP contribution in [0.25, 0.3) is 6.08 Å². The quantitative estimate of drug-likeness (QED) is 0.732. The van der Waals surface area contributed by atoms with Crippen LogP contribution in [0.1, 0.15) is 11.1 Å². The Balaban J connectivity index is 2.06. The van der Waals surface area contributed by atoms with Gasteiger partial charge in [-0.25, -0.2) is 0 Å². The molecular formula is C19H17BrN2O3. The molecule has 25 heavy (non-hydrogen) atoms. The molecule has 0 aliphatic heterocycles. The van der Waals surface area contributed by atoms with Crippen LogP contribution in [0.3, 0.4) is 0 Å². The van der Waals surface area contributed by atoms with Crippen LogP contribution in [0.2, 0.25) is 0 Å². The topological polar surface area (TPSA) is 71.3 Å². The van der Waals surface area contributed by atoms with Gasteiger partial charge in [0.05, 0.1) is 7.11 Å². The highest BCUT2D eigenvalue weighted by Gasteiger charge is 2.05. The third-order valence-corrected chi connectivity index (χ3v) is 4.22. The molecule has 2 aromatic rings. The van der Waals surface area contributed by atoms with Crippen LogP contribution in [-0.4, -0.2) is 19.6 Å². The minimum atomic E-state index is -0.231. The fraction of sp³-hybridized carbons (Fsp3) is 0.158. The highest BCUT2D eigenvalue weighted by molar-refractivity contribution is 9.10. The summed E-state index contributed by atoms with van der Waals surface area (Å²) >= 11 is 3.43. The number of benzene rings is 2. The number of hydrogen-bond acceptors (Lipinski definition) is 4. The maximum atomic E-state index is 12.0. The zero-order valence-corrected chi connectivity index (χ0v) is 15.5. The van der Waals surface area contributed by atoms with E-state index in [-0.39, 0.29) is 12.5 Å². The SMILES string of the molecule is COc1cc(/C=C/C(=O)Nc2ccc(Br)c(C)c2)ccc1OCC#N. The Morgan fingerprint density at radius 1 is 1.28 bits per heavy atom. The van der Waals surface area contributed by atoms with Gasteiger partial charge in [0, 0.05) is 16.2 Å². The average Bonchev–Trinajstić information content (AvgIpc) is 2.61. The van der Waals surface area contributed by atoms with E-state index in [1.54, 1.807) is 24.3 Å². The smallest absolute Gasteiger partial charge is 0.248 e.